The Balaban J connectivity index is 0. The normalized spacial score (nSPS) is 12.9. The second kappa shape index (κ2) is 23.3. The van der Waals surface area contributed by atoms with Crippen molar-refractivity contribution in [1.29, 1.82) is 0 Å². The van der Waals surface area contributed by atoms with Crippen LogP contribution >= 0.6 is 0 Å². The zero-order chi connectivity index (χ0) is 20.9. The third kappa shape index (κ3) is 26.6. The molecule has 0 bridgehead atoms. The predicted octanol–water partition coefficient (Wildman–Crippen LogP) is 4.31. The summed E-state index contributed by atoms with van der Waals surface area (Å²) < 4.78 is 36.8. The van der Waals surface area contributed by atoms with Crippen molar-refractivity contribution in [2.75, 3.05) is 6.61 Å². The molecule has 29 heavy (non-hydrogen) atoms. The molecule has 0 aliphatic heterocycles. The Kier molecular flexibility index (Phi) is 25.5. The second-order valence-corrected chi connectivity index (χ2v) is 9.11. The van der Waals surface area contributed by atoms with Gasteiger partial charge in [-0.05, 0) is 19.3 Å². The van der Waals surface area contributed by atoms with E-state index in [0.29, 0.717) is 0 Å². The summed E-state index contributed by atoms with van der Waals surface area (Å²) in [6.07, 6.45) is 25.1. The molecule has 4 nitrogen and oxygen atoms in total. The first-order valence-corrected chi connectivity index (χ1v) is 13.1. The average molecular weight is 441 g/mol. The quantitative estimate of drug-likeness (QED) is 0.0877. The van der Waals surface area contributed by atoms with Crippen molar-refractivity contribution in [2.45, 2.75) is 123 Å². The standard InChI is InChI=1S/C23H46O4S.Na/c1-3-5-7-9-11-12-13-15-17-19-21-23(22-27-28(24,25)26)20-18-16-14-10-8-6-4-2;/h19,21,23H,3-18,20,22H2,1-2H3,(H,24,25,26);/q;+1/p-1/b21-19+;. The molecule has 1 atom stereocenters. The van der Waals surface area contributed by atoms with E-state index in [0.717, 1.165) is 25.7 Å². The van der Waals surface area contributed by atoms with Crippen molar-refractivity contribution in [3.05, 3.63) is 12.2 Å². The third-order valence-corrected chi connectivity index (χ3v) is 5.66. The van der Waals surface area contributed by atoms with E-state index >= 15 is 0 Å². The molecular weight excluding hydrogens is 395 g/mol. The molecule has 0 aromatic rings. The fourth-order valence-corrected chi connectivity index (χ4v) is 3.80. The largest absolute Gasteiger partial charge is 1.00 e. The van der Waals surface area contributed by atoms with E-state index in [4.69, 9.17) is 0 Å². The van der Waals surface area contributed by atoms with Gasteiger partial charge in [-0.15, -0.1) is 0 Å². The van der Waals surface area contributed by atoms with Gasteiger partial charge in [0.1, 0.15) is 0 Å². The van der Waals surface area contributed by atoms with E-state index in [1.807, 2.05) is 0 Å². The van der Waals surface area contributed by atoms with Crippen molar-refractivity contribution in [2.24, 2.45) is 5.92 Å². The van der Waals surface area contributed by atoms with Crippen LogP contribution < -0.4 is 29.6 Å². The van der Waals surface area contributed by atoms with Gasteiger partial charge in [0.15, 0.2) is 0 Å². The summed E-state index contributed by atoms with van der Waals surface area (Å²) in [6, 6.07) is 0. The van der Waals surface area contributed by atoms with Crippen LogP contribution in [0.15, 0.2) is 12.2 Å². The maximum absolute atomic E-state index is 10.8. The van der Waals surface area contributed by atoms with Gasteiger partial charge in [0.2, 0.25) is 10.4 Å². The van der Waals surface area contributed by atoms with Gasteiger partial charge in [-0.1, -0.05) is 116 Å². The third-order valence-electron chi connectivity index (χ3n) is 5.24. The Hall–Kier alpha value is 0.610. The smallest absolute Gasteiger partial charge is 0.726 e. The summed E-state index contributed by atoms with van der Waals surface area (Å²) in [4.78, 5) is 0. The van der Waals surface area contributed by atoms with Crippen LogP contribution in [0.5, 0.6) is 0 Å². The van der Waals surface area contributed by atoms with Crippen LogP contribution in [0, 0.1) is 5.92 Å². The van der Waals surface area contributed by atoms with Crippen molar-refractivity contribution in [1.82, 2.24) is 0 Å². The summed E-state index contributed by atoms with van der Waals surface area (Å²) in [6.45, 7) is 4.44. The molecule has 0 spiro atoms. The number of allylic oxidation sites excluding steroid dienone is 1. The minimum atomic E-state index is -4.60. The maximum atomic E-state index is 10.8. The summed E-state index contributed by atoms with van der Waals surface area (Å²) in [5.41, 5.74) is 0. The Morgan fingerprint density at radius 2 is 1.21 bits per heavy atom. The van der Waals surface area contributed by atoms with E-state index < -0.39 is 10.4 Å². The van der Waals surface area contributed by atoms with E-state index in [-0.39, 0.29) is 42.1 Å². The molecular formula is C23H45NaO4S. The molecule has 6 heteroatoms. The first-order valence-electron chi connectivity index (χ1n) is 11.8. The van der Waals surface area contributed by atoms with E-state index in [1.54, 1.807) is 0 Å². The zero-order valence-electron chi connectivity index (χ0n) is 19.5. The van der Waals surface area contributed by atoms with Gasteiger partial charge in [0.25, 0.3) is 0 Å². The average Bonchev–Trinajstić information content (AvgIpc) is 2.65. The molecule has 0 saturated heterocycles. The van der Waals surface area contributed by atoms with Gasteiger partial charge in [0.05, 0.1) is 6.61 Å². The van der Waals surface area contributed by atoms with Crippen LogP contribution in [0.1, 0.15) is 123 Å². The number of hydrogen-bond donors (Lipinski definition) is 0. The molecule has 0 aliphatic carbocycles. The molecule has 0 heterocycles. The predicted molar refractivity (Wildman–Crippen MR) is 118 cm³/mol. The molecule has 0 amide bonds. The van der Waals surface area contributed by atoms with Crippen LogP contribution in [0.4, 0.5) is 0 Å². The number of unbranched alkanes of at least 4 members (excludes halogenated alkanes) is 14. The number of hydrogen-bond acceptors (Lipinski definition) is 4. The van der Waals surface area contributed by atoms with Gasteiger partial charge in [-0.25, -0.2) is 8.42 Å². The van der Waals surface area contributed by atoms with Gasteiger partial charge in [-0.3, -0.25) is 4.18 Å². The Morgan fingerprint density at radius 3 is 1.69 bits per heavy atom. The van der Waals surface area contributed by atoms with Crippen LogP contribution in [0.2, 0.25) is 0 Å². The minimum absolute atomic E-state index is 0. The maximum Gasteiger partial charge on any atom is 1.00 e. The summed E-state index contributed by atoms with van der Waals surface area (Å²) >= 11 is 0. The fourth-order valence-electron chi connectivity index (χ4n) is 3.45. The minimum Gasteiger partial charge on any atom is -0.726 e. The molecule has 0 aliphatic rings. The molecule has 0 fully saturated rings. The first-order chi connectivity index (χ1) is 13.5. The Labute approximate surface area is 203 Å². The molecule has 0 saturated carbocycles. The van der Waals surface area contributed by atoms with E-state index in [9.17, 15) is 13.0 Å². The second-order valence-electron chi connectivity index (χ2n) is 8.05. The van der Waals surface area contributed by atoms with E-state index in [2.05, 4.69) is 30.2 Å². The Morgan fingerprint density at radius 1 is 0.759 bits per heavy atom. The van der Waals surface area contributed by atoms with Crippen molar-refractivity contribution in [3.8, 4) is 0 Å². The Bertz CT molecular complexity index is 452. The van der Waals surface area contributed by atoms with Gasteiger partial charge in [-0.2, -0.15) is 0 Å². The summed E-state index contributed by atoms with van der Waals surface area (Å²) in [7, 11) is -4.60. The van der Waals surface area contributed by atoms with Crippen molar-refractivity contribution < 1.29 is 46.7 Å². The van der Waals surface area contributed by atoms with Gasteiger partial charge >= 0.3 is 29.6 Å². The number of rotatable bonds is 21. The molecule has 168 valence electrons. The molecule has 0 aromatic heterocycles. The first kappa shape index (κ1) is 31.8. The molecule has 0 aromatic carbocycles. The topological polar surface area (TPSA) is 66.4 Å². The molecule has 0 radical (unpaired) electrons. The fraction of sp³-hybridized carbons (Fsp3) is 0.913. The van der Waals surface area contributed by atoms with Crippen LogP contribution in [0.3, 0.4) is 0 Å². The van der Waals surface area contributed by atoms with E-state index in [1.165, 1.54) is 83.5 Å². The summed E-state index contributed by atoms with van der Waals surface area (Å²) in [5, 5.41) is 0. The van der Waals surface area contributed by atoms with Crippen LogP contribution in [0.25, 0.3) is 0 Å². The molecule has 1 unspecified atom stereocenters. The van der Waals surface area contributed by atoms with Crippen LogP contribution in [-0.4, -0.2) is 19.6 Å². The monoisotopic (exact) mass is 440 g/mol. The molecule has 0 N–H and O–H groups in total. The van der Waals surface area contributed by atoms with Gasteiger partial charge < -0.3 is 4.55 Å². The zero-order valence-corrected chi connectivity index (χ0v) is 22.3. The van der Waals surface area contributed by atoms with Crippen LogP contribution in [-0.2, 0) is 14.6 Å². The molecule has 0 rings (SSSR count). The van der Waals surface area contributed by atoms with Crippen molar-refractivity contribution in [3.63, 3.8) is 0 Å². The summed E-state index contributed by atoms with van der Waals surface area (Å²) in [5.74, 6) is 0.0217. The van der Waals surface area contributed by atoms with Crippen molar-refractivity contribution >= 4 is 10.4 Å². The van der Waals surface area contributed by atoms with Gasteiger partial charge in [0, 0.05) is 5.92 Å². The SMILES string of the molecule is CCCCCCCCCC/C=C/C(CCCCCCCCC)COS(=O)(=O)[O-].[Na+].